The second-order valence-electron chi connectivity index (χ2n) is 20.0. The summed E-state index contributed by atoms with van der Waals surface area (Å²) in [7, 11) is 0. The van der Waals surface area contributed by atoms with Gasteiger partial charge in [0.25, 0.3) is 0 Å². The molecule has 0 unspecified atom stereocenters. The van der Waals surface area contributed by atoms with Crippen LogP contribution in [0.2, 0.25) is 0 Å². The van der Waals surface area contributed by atoms with Gasteiger partial charge in [-0.3, -0.25) is 38.4 Å². The van der Waals surface area contributed by atoms with Crippen LogP contribution >= 0.6 is 0 Å². The fourth-order valence-corrected chi connectivity index (χ4v) is 10.8. The second-order valence-corrected chi connectivity index (χ2v) is 20.0. The maximum absolute atomic E-state index is 13.9. The molecule has 3 aliphatic carbocycles. The number of nitrogens with two attached hydrogens (primary N) is 1. The van der Waals surface area contributed by atoms with E-state index in [0.717, 1.165) is 35.6 Å². The number of hydrogen-bond donors (Lipinski definition) is 9. The monoisotopic (exact) mass is 928 g/mol. The fraction of sp³-hybridized carbons (Fsp3) is 0.640. The molecule has 0 aromatic heterocycles. The van der Waals surface area contributed by atoms with Crippen molar-refractivity contribution in [3.05, 3.63) is 48.0 Å². The summed E-state index contributed by atoms with van der Waals surface area (Å²) in [5, 5.41) is 26.6. The minimum Gasteiger partial charge on any atom is -0.370 e. The third-order valence-electron chi connectivity index (χ3n) is 14.1. The summed E-state index contributed by atoms with van der Waals surface area (Å²) in [6, 6.07) is 11.6. The van der Waals surface area contributed by atoms with Crippen LogP contribution in [-0.4, -0.2) is 103 Å². The Morgan fingerprint density at radius 2 is 1.25 bits per heavy atom. The number of benzene rings is 2. The van der Waals surface area contributed by atoms with Gasteiger partial charge in [0.2, 0.25) is 47.3 Å². The summed E-state index contributed by atoms with van der Waals surface area (Å²) < 4.78 is 0. The molecule has 67 heavy (non-hydrogen) atoms. The Balaban J connectivity index is 1.03. The van der Waals surface area contributed by atoms with Gasteiger partial charge in [-0.05, 0) is 80.5 Å². The number of rotatable bonds is 21. The van der Waals surface area contributed by atoms with Gasteiger partial charge in [-0.1, -0.05) is 75.6 Å². The lowest BCUT2D eigenvalue weighted by molar-refractivity contribution is -0.130. The molecule has 4 fully saturated rings. The van der Waals surface area contributed by atoms with Crippen molar-refractivity contribution in [3.8, 4) is 0 Å². The molecule has 2 aromatic carbocycles. The zero-order chi connectivity index (χ0) is 48.2. The first kappa shape index (κ1) is 50.8. The maximum Gasteiger partial charge on any atom is 0.226 e. The number of carbonyl (C=O) groups is 8. The van der Waals surface area contributed by atoms with E-state index in [2.05, 4.69) is 48.6 Å². The highest BCUT2D eigenvalue weighted by Gasteiger charge is 2.41. The van der Waals surface area contributed by atoms with E-state index < -0.39 is 59.7 Å². The zero-order valence-corrected chi connectivity index (χ0v) is 39.6. The molecular formula is C50H73N9O8. The van der Waals surface area contributed by atoms with E-state index >= 15 is 0 Å². The molecule has 8 amide bonds. The standard InChI is InChI=1S/C50H73N9O8/c1-28(2)20-34(46(63)59-43-27-52-26-39(43)50(67)58-42-17-9-14-38(42)48(65)54-29(3)21-44(51)61)25-53-47(64)36-12-7-16-41(36)57-45(62)24-35(23-31-18-19-32-10-5-6-11-33(32)22-31)56-49(66)37-13-8-15-40(37)55-30(4)60/h5-6,10-11,18-19,22,28-29,34-43,52H,7-9,12-17,20-21,23-27H2,1-4H3,(H2,51,61)(H,53,64)(H,54,65)(H,55,60)(H,56,66)(H,57,62)(H,58,67)(H,59,63)/t29-,34-,35-,36-,37-,38-,39-,40-,41-,42-,43-/m0/s1. The van der Waals surface area contributed by atoms with Gasteiger partial charge < -0.3 is 48.3 Å². The van der Waals surface area contributed by atoms with Crippen LogP contribution in [0.1, 0.15) is 110 Å². The zero-order valence-electron chi connectivity index (χ0n) is 39.6. The highest BCUT2D eigenvalue weighted by atomic mass is 16.2. The fourth-order valence-electron chi connectivity index (χ4n) is 10.8. The van der Waals surface area contributed by atoms with E-state index in [1.54, 1.807) is 6.92 Å². The molecule has 6 rings (SSSR count). The lowest BCUT2D eigenvalue weighted by Crippen LogP contribution is -2.53. The van der Waals surface area contributed by atoms with Crippen molar-refractivity contribution < 1.29 is 38.4 Å². The molecule has 1 saturated heterocycles. The highest BCUT2D eigenvalue weighted by Crippen LogP contribution is 2.30. The minimum atomic E-state index is -0.572. The summed E-state index contributed by atoms with van der Waals surface area (Å²) in [6.45, 7) is 8.00. The summed E-state index contributed by atoms with van der Waals surface area (Å²) in [5.74, 6) is -4.48. The van der Waals surface area contributed by atoms with Crippen molar-refractivity contribution in [2.75, 3.05) is 19.6 Å². The molecule has 0 bridgehead atoms. The third kappa shape index (κ3) is 14.5. The lowest BCUT2D eigenvalue weighted by Gasteiger charge is -2.27. The van der Waals surface area contributed by atoms with Crippen LogP contribution in [0.5, 0.6) is 0 Å². The molecule has 4 aliphatic rings. The van der Waals surface area contributed by atoms with E-state index in [1.807, 2.05) is 50.2 Å². The Morgan fingerprint density at radius 3 is 1.90 bits per heavy atom. The van der Waals surface area contributed by atoms with Crippen LogP contribution < -0.4 is 48.3 Å². The van der Waals surface area contributed by atoms with Gasteiger partial charge in [0.05, 0.1) is 35.6 Å². The van der Waals surface area contributed by atoms with Crippen LogP contribution in [0.25, 0.3) is 10.8 Å². The molecule has 10 N–H and O–H groups in total. The van der Waals surface area contributed by atoms with Gasteiger partial charge in [-0.2, -0.15) is 0 Å². The number of carbonyl (C=O) groups excluding carboxylic acids is 8. The lowest BCUT2D eigenvalue weighted by atomic mass is 9.94. The van der Waals surface area contributed by atoms with Crippen molar-refractivity contribution in [2.45, 2.75) is 147 Å². The van der Waals surface area contributed by atoms with Crippen LogP contribution in [-0.2, 0) is 44.8 Å². The molecule has 366 valence electrons. The Hall–Kier alpha value is -5.58. The number of amides is 8. The summed E-state index contributed by atoms with van der Waals surface area (Å²) >= 11 is 0. The Labute approximate surface area is 394 Å². The Kier molecular flexibility index (Phi) is 18.2. The third-order valence-corrected chi connectivity index (χ3v) is 14.1. The number of primary amides is 1. The predicted molar refractivity (Wildman–Crippen MR) is 253 cm³/mol. The van der Waals surface area contributed by atoms with E-state index in [0.29, 0.717) is 64.5 Å². The molecular weight excluding hydrogens is 855 g/mol. The van der Waals surface area contributed by atoms with Gasteiger partial charge in [-0.15, -0.1) is 0 Å². The quantitative estimate of drug-likeness (QED) is 0.0886. The number of nitrogens with one attached hydrogen (secondary N) is 8. The SMILES string of the molecule is CC(=O)N[C@H]1CCC[C@@H]1C(=O)N[C@H](CC(=O)N[C@H]1CCC[C@@H]1C(=O)NC[C@H](CC(C)C)C(=O)N[C@H]1CNC[C@@H]1C(=O)N[C@H]1CCC[C@@H]1C(=O)N[C@@H](C)CC(N)=O)Cc1ccc2ccccc2c1. The first-order valence-corrected chi connectivity index (χ1v) is 24.6. The van der Waals surface area contributed by atoms with Crippen LogP contribution in [0.3, 0.4) is 0 Å². The molecule has 11 atom stereocenters. The average molecular weight is 928 g/mol. The summed E-state index contributed by atoms with van der Waals surface area (Å²) in [4.78, 5) is 105. The molecule has 2 aromatic rings. The van der Waals surface area contributed by atoms with Gasteiger partial charge >= 0.3 is 0 Å². The average Bonchev–Trinajstić information content (AvgIpc) is 4.10. The van der Waals surface area contributed by atoms with Crippen molar-refractivity contribution in [2.24, 2.45) is 41.2 Å². The molecule has 0 radical (unpaired) electrons. The molecule has 3 saturated carbocycles. The van der Waals surface area contributed by atoms with E-state index in [-0.39, 0.29) is 78.7 Å². The van der Waals surface area contributed by atoms with Crippen molar-refractivity contribution >= 4 is 58.0 Å². The first-order valence-electron chi connectivity index (χ1n) is 24.6. The normalized spacial score (nSPS) is 26.0. The largest absolute Gasteiger partial charge is 0.370 e. The Morgan fingerprint density at radius 1 is 0.642 bits per heavy atom. The van der Waals surface area contributed by atoms with Crippen LogP contribution in [0.4, 0.5) is 0 Å². The van der Waals surface area contributed by atoms with Gasteiger partial charge in [0.15, 0.2) is 0 Å². The van der Waals surface area contributed by atoms with Crippen LogP contribution in [0.15, 0.2) is 42.5 Å². The molecule has 0 spiro atoms. The highest BCUT2D eigenvalue weighted by molar-refractivity contribution is 5.88. The van der Waals surface area contributed by atoms with Gasteiger partial charge in [-0.25, -0.2) is 0 Å². The Bertz CT molecular complexity index is 2120. The predicted octanol–water partition coefficient (Wildman–Crippen LogP) is 1.99. The summed E-state index contributed by atoms with van der Waals surface area (Å²) in [6.07, 6.45) is 7.05. The van der Waals surface area contributed by atoms with Crippen molar-refractivity contribution in [3.63, 3.8) is 0 Å². The molecule has 17 heteroatoms. The van der Waals surface area contributed by atoms with Crippen LogP contribution in [0, 0.1) is 35.5 Å². The smallest absolute Gasteiger partial charge is 0.226 e. The number of fused-ring (bicyclic) bond motifs is 1. The van der Waals surface area contributed by atoms with E-state index in [4.69, 9.17) is 5.73 Å². The van der Waals surface area contributed by atoms with Crippen molar-refractivity contribution in [1.29, 1.82) is 0 Å². The van der Waals surface area contributed by atoms with Gasteiger partial charge in [0, 0.05) is 69.6 Å². The molecule has 1 aliphatic heterocycles. The molecule has 17 nitrogen and oxygen atoms in total. The minimum absolute atomic E-state index is 0.000853. The second kappa shape index (κ2) is 23.9. The molecule has 1 heterocycles. The van der Waals surface area contributed by atoms with E-state index in [9.17, 15) is 38.4 Å². The number of hydrogen-bond acceptors (Lipinski definition) is 9. The first-order chi connectivity index (χ1) is 32.0. The summed E-state index contributed by atoms with van der Waals surface area (Å²) in [5.41, 5.74) is 6.26. The maximum atomic E-state index is 13.9. The van der Waals surface area contributed by atoms with E-state index in [1.165, 1.54) is 6.92 Å². The topological polar surface area (TPSA) is 259 Å². The van der Waals surface area contributed by atoms with Crippen molar-refractivity contribution in [1.82, 2.24) is 42.5 Å². The van der Waals surface area contributed by atoms with Gasteiger partial charge in [0.1, 0.15) is 0 Å².